The van der Waals surface area contributed by atoms with Crippen LogP contribution < -0.4 is 4.74 Å². The third kappa shape index (κ3) is 6.40. The molecular weight excluding hydrogens is 340 g/mol. The fourth-order valence-electron chi connectivity index (χ4n) is 4.52. The van der Waals surface area contributed by atoms with Crippen molar-refractivity contribution in [1.82, 2.24) is 0 Å². The number of hydrogen-bond donors (Lipinski definition) is 0. The number of ether oxygens (including phenoxy) is 1. The first-order valence-corrected chi connectivity index (χ1v) is 11.6. The van der Waals surface area contributed by atoms with Crippen LogP contribution in [0.4, 0.5) is 0 Å². The average Bonchev–Trinajstić information content (AvgIpc) is 2.75. The summed E-state index contributed by atoms with van der Waals surface area (Å²) in [6.45, 7) is 5.33. The molecule has 0 bridgehead atoms. The van der Waals surface area contributed by atoms with Gasteiger partial charge in [-0.1, -0.05) is 69.5 Å². The zero-order valence-corrected chi connectivity index (χ0v) is 18.0. The fourth-order valence-corrected chi connectivity index (χ4v) is 4.52. The topological polar surface area (TPSA) is 9.23 Å². The molecule has 1 aliphatic rings. The van der Waals surface area contributed by atoms with Crippen molar-refractivity contribution < 1.29 is 4.74 Å². The van der Waals surface area contributed by atoms with Crippen molar-refractivity contribution in [1.29, 1.82) is 0 Å². The van der Waals surface area contributed by atoms with Gasteiger partial charge in [0, 0.05) is 0 Å². The standard InChI is InChI=1S/C27H38O/c1-3-5-21-28-27-19-13-24(14-20-27)8-7-23-11-17-26(18-12-23)25-15-9-22(6-4-2)10-16-25/h11-14,17-20,22,25H,3-10,15-16,21H2,1-2H3. The lowest BCUT2D eigenvalue weighted by atomic mass is 9.77. The minimum atomic E-state index is 0.794. The maximum atomic E-state index is 5.76. The maximum Gasteiger partial charge on any atom is 0.119 e. The summed E-state index contributed by atoms with van der Waals surface area (Å²) in [5, 5.41) is 0. The molecule has 0 N–H and O–H groups in total. The van der Waals surface area contributed by atoms with Crippen LogP contribution in [0, 0.1) is 5.92 Å². The average molecular weight is 379 g/mol. The van der Waals surface area contributed by atoms with E-state index in [1.54, 1.807) is 5.56 Å². The Labute approximate surface area is 172 Å². The molecule has 2 aromatic carbocycles. The largest absolute Gasteiger partial charge is 0.494 e. The summed E-state index contributed by atoms with van der Waals surface area (Å²) in [7, 11) is 0. The summed E-state index contributed by atoms with van der Waals surface area (Å²) in [6.07, 6.45) is 12.9. The third-order valence-electron chi connectivity index (χ3n) is 6.39. The highest BCUT2D eigenvalue weighted by atomic mass is 16.5. The zero-order chi connectivity index (χ0) is 19.6. The molecule has 0 radical (unpaired) electrons. The van der Waals surface area contributed by atoms with Crippen molar-refractivity contribution in [3.8, 4) is 5.75 Å². The molecule has 0 saturated heterocycles. The van der Waals surface area contributed by atoms with Crippen molar-refractivity contribution in [2.75, 3.05) is 6.61 Å². The lowest BCUT2D eigenvalue weighted by Gasteiger charge is -2.28. The van der Waals surface area contributed by atoms with Gasteiger partial charge in [-0.3, -0.25) is 0 Å². The smallest absolute Gasteiger partial charge is 0.119 e. The molecule has 1 saturated carbocycles. The number of aryl methyl sites for hydroxylation is 2. The zero-order valence-electron chi connectivity index (χ0n) is 18.0. The van der Waals surface area contributed by atoms with E-state index >= 15 is 0 Å². The molecular formula is C27H38O. The van der Waals surface area contributed by atoms with Gasteiger partial charge < -0.3 is 4.74 Å². The Balaban J connectivity index is 1.44. The minimum absolute atomic E-state index is 0.794. The molecule has 1 nitrogen and oxygen atoms in total. The second-order valence-electron chi connectivity index (χ2n) is 8.59. The fraction of sp³-hybridized carbons (Fsp3) is 0.556. The van der Waals surface area contributed by atoms with Gasteiger partial charge in [0.15, 0.2) is 0 Å². The summed E-state index contributed by atoms with van der Waals surface area (Å²) in [4.78, 5) is 0. The van der Waals surface area contributed by atoms with Gasteiger partial charge in [-0.15, -0.1) is 0 Å². The number of hydrogen-bond acceptors (Lipinski definition) is 1. The van der Waals surface area contributed by atoms with Gasteiger partial charge in [-0.05, 0) is 85.6 Å². The van der Waals surface area contributed by atoms with Gasteiger partial charge in [0.1, 0.15) is 5.75 Å². The van der Waals surface area contributed by atoms with Crippen molar-refractivity contribution in [3.63, 3.8) is 0 Å². The quantitative estimate of drug-likeness (QED) is 0.384. The summed E-state index contributed by atoms with van der Waals surface area (Å²) in [5.74, 6) is 2.78. The molecule has 152 valence electrons. The van der Waals surface area contributed by atoms with E-state index in [1.165, 1.54) is 56.1 Å². The summed E-state index contributed by atoms with van der Waals surface area (Å²) >= 11 is 0. The van der Waals surface area contributed by atoms with Gasteiger partial charge >= 0.3 is 0 Å². The van der Waals surface area contributed by atoms with E-state index in [1.807, 2.05) is 0 Å². The van der Waals surface area contributed by atoms with E-state index < -0.39 is 0 Å². The van der Waals surface area contributed by atoms with Crippen LogP contribution in [0.1, 0.15) is 87.8 Å². The van der Waals surface area contributed by atoms with Crippen LogP contribution in [0.15, 0.2) is 48.5 Å². The Morgan fingerprint density at radius 3 is 1.93 bits per heavy atom. The number of benzene rings is 2. The highest BCUT2D eigenvalue weighted by Crippen LogP contribution is 2.37. The second-order valence-corrected chi connectivity index (χ2v) is 8.59. The summed E-state index contributed by atoms with van der Waals surface area (Å²) in [5.41, 5.74) is 4.40. The second kappa shape index (κ2) is 11.3. The Morgan fingerprint density at radius 2 is 1.36 bits per heavy atom. The Kier molecular flexibility index (Phi) is 8.45. The van der Waals surface area contributed by atoms with Crippen LogP contribution in [0.3, 0.4) is 0 Å². The van der Waals surface area contributed by atoms with Crippen LogP contribution in [0.25, 0.3) is 0 Å². The molecule has 28 heavy (non-hydrogen) atoms. The van der Waals surface area contributed by atoms with Crippen LogP contribution in [-0.2, 0) is 12.8 Å². The van der Waals surface area contributed by atoms with E-state index in [0.29, 0.717) is 0 Å². The Bertz CT molecular complexity index is 662. The molecule has 0 aromatic heterocycles. The third-order valence-corrected chi connectivity index (χ3v) is 6.39. The summed E-state index contributed by atoms with van der Waals surface area (Å²) < 4.78 is 5.76. The predicted octanol–water partition coefficient (Wildman–Crippen LogP) is 7.72. The van der Waals surface area contributed by atoms with Crippen molar-refractivity contribution in [3.05, 3.63) is 65.2 Å². The molecule has 0 unspecified atom stereocenters. The van der Waals surface area contributed by atoms with Crippen LogP contribution in [-0.4, -0.2) is 6.61 Å². The van der Waals surface area contributed by atoms with Gasteiger partial charge in [-0.25, -0.2) is 0 Å². The van der Waals surface area contributed by atoms with Crippen molar-refractivity contribution >= 4 is 0 Å². The molecule has 1 fully saturated rings. The minimum Gasteiger partial charge on any atom is -0.494 e. The molecule has 0 aliphatic heterocycles. The molecule has 0 atom stereocenters. The van der Waals surface area contributed by atoms with E-state index in [0.717, 1.165) is 43.5 Å². The van der Waals surface area contributed by atoms with Gasteiger partial charge in [0.05, 0.1) is 6.61 Å². The number of unbranched alkanes of at least 4 members (excludes halogenated alkanes) is 1. The van der Waals surface area contributed by atoms with Gasteiger partial charge in [-0.2, -0.15) is 0 Å². The van der Waals surface area contributed by atoms with E-state index in [4.69, 9.17) is 4.74 Å². The van der Waals surface area contributed by atoms with Crippen LogP contribution >= 0.6 is 0 Å². The molecule has 2 aromatic rings. The first-order valence-electron chi connectivity index (χ1n) is 11.6. The van der Waals surface area contributed by atoms with E-state index in [-0.39, 0.29) is 0 Å². The Morgan fingerprint density at radius 1 is 0.750 bits per heavy atom. The number of rotatable bonds is 10. The normalized spacial score (nSPS) is 19.5. The molecule has 1 heteroatoms. The highest BCUT2D eigenvalue weighted by molar-refractivity contribution is 5.30. The lowest BCUT2D eigenvalue weighted by Crippen LogP contribution is -2.13. The predicted molar refractivity (Wildman–Crippen MR) is 120 cm³/mol. The molecule has 0 heterocycles. The molecule has 0 amide bonds. The van der Waals surface area contributed by atoms with Crippen molar-refractivity contribution in [2.24, 2.45) is 5.92 Å². The van der Waals surface area contributed by atoms with Crippen LogP contribution in [0.2, 0.25) is 0 Å². The maximum absolute atomic E-state index is 5.76. The highest BCUT2D eigenvalue weighted by Gasteiger charge is 2.21. The molecule has 0 spiro atoms. The lowest BCUT2D eigenvalue weighted by molar-refractivity contribution is 0.308. The van der Waals surface area contributed by atoms with Gasteiger partial charge in [0.25, 0.3) is 0 Å². The van der Waals surface area contributed by atoms with E-state index in [9.17, 15) is 0 Å². The Hall–Kier alpha value is -1.76. The first kappa shape index (κ1) is 21.0. The van der Waals surface area contributed by atoms with E-state index in [2.05, 4.69) is 62.4 Å². The summed E-state index contributed by atoms with van der Waals surface area (Å²) in [6, 6.07) is 18.2. The SMILES string of the molecule is CCCCOc1ccc(CCc2ccc(C3CCC(CCC)CC3)cc2)cc1. The molecule has 3 rings (SSSR count). The molecule has 1 aliphatic carbocycles. The monoisotopic (exact) mass is 378 g/mol. The van der Waals surface area contributed by atoms with Gasteiger partial charge in [0.2, 0.25) is 0 Å². The first-order chi connectivity index (χ1) is 13.8. The van der Waals surface area contributed by atoms with Crippen LogP contribution in [0.5, 0.6) is 5.75 Å². The van der Waals surface area contributed by atoms with Crippen molar-refractivity contribution in [2.45, 2.75) is 84.0 Å².